The summed E-state index contributed by atoms with van der Waals surface area (Å²) in [5.74, 6) is -0.963. The molecule has 1 heterocycles. The van der Waals surface area contributed by atoms with Gasteiger partial charge in [0.05, 0.1) is 5.75 Å². The molecule has 2 rings (SSSR count). The van der Waals surface area contributed by atoms with Crippen LogP contribution in [-0.2, 0) is 4.79 Å². The van der Waals surface area contributed by atoms with E-state index in [0.29, 0.717) is 5.09 Å². The van der Waals surface area contributed by atoms with Crippen LogP contribution in [0, 0.1) is 0 Å². The molecule has 0 bridgehead atoms. The van der Waals surface area contributed by atoms with Crippen molar-refractivity contribution in [1.29, 1.82) is 0 Å². The third-order valence-electron chi connectivity index (χ3n) is 3.36. The van der Waals surface area contributed by atoms with Crippen LogP contribution in [0.4, 0.5) is 0 Å². The number of aromatic carboxylic acids is 1. The van der Waals surface area contributed by atoms with Crippen LogP contribution in [-0.4, -0.2) is 28.8 Å². The molecule has 1 aromatic heterocycles. The van der Waals surface area contributed by atoms with Crippen molar-refractivity contribution in [3.8, 4) is 0 Å². The minimum atomic E-state index is -1.10. The molecule has 1 saturated carbocycles. The molecular weight excluding hydrogens is 278 g/mol. The number of carboxylic acid groups (broad SMARTS) is 1. The molecule has 0 aromatic carbocycles. The van der Waals surface area contributed by atoms with E-state index in [4.69, 9.17) is 9.52 Å². The van der Waals surface area contributed by atoms with Gasteiger partial charge in [0.25, 0.3) is 0 Å². The quantitative estimate of drug-likeness (QED) is 0.645. The Hall–Kier alpha value is -1.43. The normalized spacial score (nSPS) is 16.6. The maximum Gasteiger partial charge on any atom is 0.371 e. The fourth-order valence-corrected chi connectivity index (χ4v) is 3.01. The minimum Gasteiger partial charge on any atom is -0.475 e. The second-order valence-corrected chi connectivity index (χ2v) is 5.95. The molecule has 0 aliphatic heterocycles. The maximum absolute atomic E-state index is 11.8. The number of hydrogen-bond donors (Lipinski definition) is 2. The van der Waals surface area contributed by atoms with E-state index in [9.17, 15) is 9.59 Å². The van der Waals surface area contributed by atoms with Gasteiger partial charge in [0.2, 0.25) is 11.7 Å². The third kappa shape index (κ3) is 4.59. The van der Waals surface area contributed by atoms with E-state index in [1.54, 1.807) is 6.07 Å². The molecule has 1 amide bonds. The summed E-state index contributed by atoms with van der Waals surface area (Å²) in [6.45, 7) is 0. The molecule has 110 valence electrons. The standard InChI is InChI=1S/C14H19NO4S/c16-12(15-10-5-3-1-2-4-6-10)9-20-13-8-7-11(19-13)14(17)18/h7-8,10H,1-6,9H2,(H,15,16)(H,17,18). The van der Waals surface area contributed by atoms with Crippen molar-refractivity contribution in [2.45, 2.75) is 49.7 Å². The number of hydrogen-bond acceptors (Lipinski definition) is 4. The van der Waals surface area contributed by atoms with E-state index in [2.05, 4.69) is 5.32 Å². The van der Waals surface area contributed by atoms with E-state index < -0.39 is 5.97 Å². The molecule has 0 radical (unpaired) electrons. The number of furan rings is 1. The fraction of sp³-hybridized carbons (Fsp3) is 0.571. The molecule has 0 unspecified atom stereocenters. The molecule has 20 heavy (non-hydrogen) atoms. The summed E-state index contributed by atoms with van der Waals surface area (Å²) in [7, 11) is 0. The van der Waals surface area contributed by atoms with Crippen molar-refractivity contribution < 1.29 is 19.1 Å². The van der Waals surface area contributed by atoms with Gasteiger partial charge in [-0.3, -0.25) is 4.79 Å². The molecule has 5 nitrogen and oxygen atoms in total. The number of amides is 1. The zero-order valence-electron chi connectivity index (χ0n) is 11.3. The predicted molar refractivity (Wildman–Crippen MR) is 76.0 cm³/mol. The number of nitrogens with one attached hydrogen (secondary N) is 1. The zero-order chi connectivity index (χ0) is 14.4. The highest BCUT2D eigenvalue weighted by atomic mass is 32.2. The lowest BCUT2D eigenvalue weighted by molar-refractivity contribution is -0.119. The Balaban J connectivity index is 1.74. The summed E-state index contributed by atoms with van der Waals surface area (Å²) < 4.78 is 5.09. The van der Waals surface area contributed by atoms with Gasteiger partial charge in [-0.2, -0.15) is 0 Å². The van der Waals surface area contributed by atoms with Gasteiger partial charge in [0, 0.05) is 6.04 Å². The average Bonchev–Trinajstić information content (AvgIpc) is 2.75. The van der Waals surface area contributed by atoms with Crippen LogP contribution in [0.5, 0.6) is 0 Å². The third-order valence-corrected chi connectivity index (χ3v) is 4.27. The average molecular weight is 297 g/mol. The van der Waals surface area contributed by atoms with E-state index in [1.165, 1.54) is 43.5 Å². The maximum atomic E-state index is 11.8. The molecule has 0 saturated heterocycles. The topological polar surface area (TPSA) is 79.5 Å². The van der Waals surface area contributed by atoms with Gasteiger partial charge in [-0.05, 0) is 25.0 Å². The summed E-state index contributed by atoms with van der Waals surface area (Å²) in [6, 6.07) is 3.26. The Morgan fingerprint density at radius 2 is 1.95 bits per heavy atom. The lowest BCUT2D eigenvalue weighted by Crippen LogP contribution is -2.35. The Morgan fingerprint density at radius 3 is 2.55 bits per heavy atom. The van der Waals surface area contributed by atoms with Crippen LogP contribution in [0.3, 0.4) is 0 Å². The van der Waals surface area contributed by atoms with E-state index in [0.717, 1.165) is 12.8 Å². The first kappa shape index (κ1) is 15.0. The summed E-state index contributed by atoms with van der Waals surface area (Å²) in [5.41, 5.74) is 0. The largest absolute Gasteiger partial charge is 0.475 e. The Labute approximate surface area is 122 Å². The molecule has 1 aliphatic carbocycles. The first-order valence-electron chi connectivity index (χ1n) is 6.90. The van der Waals surface area contributed by atoms with E-state index in [1.807, 2.05) is 0 Å². The summed E-state index contributed by atoms with van der Waals surface area (Å²) in [5, 5.41) is 12.2. The van der Waals surface area contributed by atoms with Crippen molar-refractivity contribution >= 4 is 23.6 Å². The molecule has 6 heteroatoms. The predicted octanol–water partition coefficient (Wildman–Crippen LogP) is 2.91. The number of carbonyl (C=O) groups is 2. The van der Waals surface area contributed by atoms with Gasteiger partial charge in [-0.25, -0.2) is 4.79 Å². The van der Waals surface area contributed by atoms with Gasteiger partial charge >= 0.3 is 5.97 Å². The number of thioether (sulfide) groups is 1. The van der Waals surface area contributed by atoms with Gasteiger partial charge in [-0.1, -0.05) is 37.4 Å². The summed E-state index contributed by atoms with van der Waals surface area (Å²) in [6.07, 6.45) is 6.98. The lowest BCUT2D eigenvalue weighted by Gasteiger charge is -2.15. The molecule has 0 atom stereocenters. The highest BCUT2D eigenvalue weighted by molar-refractivity contribution is 7.99. The van der Waals surface area contributed by atoms with Crippen molar-refractivity contribution in [2.24, 2.45) is 0 Å². The zero-order valence-corrected chi connectivity index (χ0v) is 12.1. The van der Waals surface area contributed by atoms with Crippen LogP contribution < -0.4 is 5.32 Å². The van der Waals surface area contributed by atoms with Gasteiger partial charge in [-0.15, -0.1) is 0 Å². The van der Waals surface area contributed by atoms with Crippen LogP contribution in [0.25, 0.3) is 0 Å². The molecular formula is C14H19NO4S. The first-order valence-corrected chi connectivity index (χ1v) is 7.89. The van der Waals surface area contributed by atoms with Crippen LogP contribution in [0.1, 0.15) is 49.1 Å². The van der Waals surface area contributed by atoms with Crippen molar-refractivity contribution in [3.05, 3.63) is 17.9 Å². The highest BCUT2D eigenvalue weighted by Crippen LogP contribution is 2.21. The first-order chi connectivity index (χ1) is 9.65. The van der Waals surface area contributed by atoms with Crippen molar-refractivity contribution in [3.63, 3.8) is 0 Å². The Morgan fingerprint density at radius 1 is 1.25 bits per heavy atom. The molecule has 1 aromatic rings. The minimum absolute atomic E-state index is 0.0184. The van der Waals surface area contributed by atoms with Gasteiger partial charge in [0.15, 0.2) is 5.09 Å². The molecule has 0 spiro atoms. The highest BCUT2D eigenvalue weighted by Gasteiger charge is 2.15. The molecule has 2 N–H and O–H groups in total. The van der Waals surface area contributed by atoms with Crippen LogP contribution in [0.15, 0.2) is 21.6 Å². The Kier molecular flexibility index (Phi) is 5.52. The van der Waals surface area contributed by atoms with Gasteiger partial charge in [0.1, 0.15) is 0 Å². The summed E-state index contributed by atoms with van der Waals surface area (Å²) in [4.78, 5) is 22.5. The SMILES string of the molecule is O=C(CSc1ccc(C(=O)O)o1)NC1CCCCCC1. The number of carbonyl (C=O) groups excluding carboxylic acids is 1. The monoisotopic (exact) mass is 297 g/mol. The second kappa shape index (κ2) is 7.38. The van der Waals surface area contributed by atoms with Gasteiger partial charge < -0.3 is 14.8 Å². The summed E-state index contributed by atoms with van der Waals surface area (Å²) >= 11 is 1.22. The lowest BCUT2D eigenvalue weighted by atomic mass is 10.1. The fourth-order valence-electron chi connectivity index (χ4n) is 2.34. The number of carboxylic acids is 1. The van der Waals surface area contributed by atoms with Crippen molar-refractivity contribution in [1.82, 2.24) is 5.32 Å². The van der Waals surface area contributed by atoms with E-state index in [-0.39, 0.29) is 23.5 Å². The second-order valence-electron chi connectivity index (χ2n) is 4.97. The molecule has 1 fully saturated rings. The Bertz CT molecular complexity index is 463. The van der Waals surface area contributed by atoms with Crippen LogP contribution >= 0.6 is 11.8 Å². The smallest absolute Gasteiger partial charge is 0.371 e. The van der Waals surface area contributed by atoms with Crippen LogP contribution in [0.2, 0.25) is 0 Å². The van der Waals surface area contributed by atoms with Crippen molar-refractivity contribution in [2.75, 3.05) is 5.75 Å². The van der Waals surface area contributed by atoms with E-state index >= 15 is 0 Å². The number of rotatable bonds is 5. The molecule has 1 aliphatic rings.